The van der Waals surface area contributed by atoms with Crippen LogP contribution >= 0.6 is 0 Å². The van der Waals surface area contributed by atoms with Gasteiger partial charge in [-0.3, -0.25) is 10.1 Å². The van der Waals surface area contributed by atoms with Crippen molar-refractivity contribution in [2.24, 2.45) is 5.92 Å². The van der Waals surface area contributed by atoms with E-state index in [0.29, 0.717) is 32.2 Å². The molecule has 24 heavy (non-hydrogen) atoms. The second kappa shape index (κ2) is 7.58. The lowest BCUT2D eigenvalue weighted by Crippen LogP contribution is -2.39. The average Bonchev–Trinajstić information content (AvgIpc) is 2.54. The van der Waals surface area contributed by atoms with Crippen molar-refractivity contribution in [3.8, 4) is 0 Å². The third kappa shape index (κ3) is 4.65. The van der Waals surface area contributed by atoms with Gasteiger partial charge in [-0.15, -0.1) is 0 Å². The topological polar surface area (TPSA) is 139 Å². The average molecular weight is 357 g/mol. The van der Waals surface area contributed by atoms with Gasteiger partial charge in [0, 0.05) is 18.7 Å². The van der Waals surface area contributed by atoms with E-state index in [1.165, 1.54) is 18.2 Å². The molecule has 0 spiro atoms. The molecule has 1 fully saturated rings. The van der Waals surface area contributed by atoms with Crippen LogP contribution in [-0.2, 0) is 10.0 Å². The van der Waals surface area contributed by atoms with Crippen molar-refractivity contribution in [1.82, 2.24) is 10.0 Å². The predicted octanol–water partition coefficient (Wildman–Crippen LogP) is 1.70. The summed E-state index contributed by atoms with van der Waals surface area (Å²) in [6, 6.07) is 4.91. The van der Waals surface area contributed by atoms with E-state index >= 15 is 0 Å². The molecule has 2 rings (SSSR count). The fraction of sp³-hybridized carbons (Fsp3) is 0.500. The highest BCUT2D eigenvalue weighted by Crippen LogP contribution is 2.27. The summed E-state index contributed by atoms with van der Waals surface area (Å²) >= 11 is 0. The number of carboxylic acid groups (broad SMARTS) is 1. The first-order valence-corrected chi connectivity index (χ1v) is 9.00. The molecular weight excluding hydrogens is 338 g/mol. The molecule has 1 aromatic carbocycles. The number of nitro groups is 1. The summed E-state index contributed by atoms with van der Waals surface area (Å²) in [6.45, 7) is 0.346. The Kier molecular flexibility index (Phi) is 5.73. The molecule has 0 bridgehead atoms. The van der Waals surface area contributed by atoms with Gasteiger partial charge < -0.3 is 10.4 Å². The normalized spacial score (nSPS) is 21.2. The van der Waals surface area contributed by atoms with Gasteiger partial charge in [0.05, 0.1) is 4.92 Å². The van der Waals surface area contributed by atoms with Crippen molar-refractivity contribution in [2.75, 3.05) is 6.54 Å². The Morgan fingerprint density at radius 3 is 2.46 bits per heavy atom. The smallest absolute Gasteiger partial charge is 0.404 e. The maximum Gasteiger partial charge on any atom is 0.404 e. The van der Waals surface area contributed by atoms with Crippen molar-refractivity contribution in [3.05, 3.63) is 34.4 Å². The van der Waals surface area contributed by atoms with Crippen LogP contribution < -0.4 is 10.0 Å². The summed E-state index contributed by atoms with van der Waals surface area (Å²) in [4.78, 5) is 20.4. The first-order chi connectivity index (χ1) is 11.3. The third-order valence-corrected chi connectivity index (χ3v) is 5.63. The van der Waals surface area contributed by atoms with Gasteiger partial charge in [0.25, 0.3) is 5.69 Å². The second-order valence-corrected chi connectivity index (χ2v) is 7.43. The van der Waals surface area contributed by atoms with Crippen LogP contribution in [0.5, 0.6) is 0 Å². The van der Waals surface area contributed by atoms with E-state index < -0.39 is 26.7 Å². The molecule has 1 aliphatic rings. The molecule has 0 heterocycles. The lowest BCUT2D eigenvalue weighted by molar-refractivity contribution is -0.387. The lowest BCUT2D eigenvalue weighted by Gasteiger charge is -2.28. The summed E-state index contributed by atoms with van der Waals surface area (Å²) < 4.78 is 27.4. The van der Waals surface area contributed by atoms with E-state index in [-0.39, 0.29) is 16.9 Å². The molecule has 1 saturated carbocycles. The molecule has 1 aliphatic carbocycles. The largest absolute Gasteiger partial charge is 0.465 e. The predicted molar refractivity (Wildman–Crippen MR) is 85.2 cm³/mol. The maximum absolute atomic E-state index is 12.4. The minimum Gasteiger partial charge on any atom is -0.465 e. The molecule has 0 saturated heterocycles. The fourth-order valence-corrected chi connectivity index (χ4v) is 4.31. The zero-order valence-corrected chi connectivity index (χ0v) is 13.7. The Balaban J connectivity index is 1.99. The van der Waals surface area contributed by atoms with Crippen LogP contribution in [0.25, 0.3) is 0 Å². The number of hydrogen-bond acceptors (Lipinski definition) is 5. The highest BCUT2D eigenvalue weighted by atomic mass is 32.2. The Labute approximate surface area is 139 Å². The zero-order chi connectivity index (χ0) is 17.7. The number of hydrogen-bond donors (Lipinski definition) is 3. The van der Waals surface area contributed by atoms with Crippen molar-refractivity contribution in [3.63, 3.8) is 0 Å². The Morgan fingerprint density at radius 1 is 1.25 bits per heavy atom. The number of para-hydroxylation sites is 1. The van der Waals surface area contributed by atoms with Gasteiger partial charge in [0.15, 0.2) is 4.90 Å². The van der Waals surface area contributed by atoms with Gasteiger partial charge in [-0.1, -0.05) is 12.1 Å². The standard InChI is InChI=1S/C14H19N3O6S/c18-14(19)15-9-10-5-7-11(8-6-10)16-24(22,23)13-4-2-1-3-12(13)17(20)21/h1-4,10-11,15-16H,5-9H2,(H,18,19). The van der Waals surface area contributed by atoms with Crippen LogP contribution in [0, 0.1) is 16.0 Å². The van der Waals surface area contributed by atoms with E-state index in [9.17, 15) is 23.3 Å². The number of nitrogens with zero attached hydrogens (tertiary/aromatic N) is 1. The third-order valence-electron chi connectivity index (χ3n) is 4.06. The molecule has 0 atom stereocenters. The molecule has 0 aromatic heterocycles. The minimum absolute atomic E-state index is 0.174. The Morgan fingerprint density at radius 2 is 1.88 bits per heavy atom. The van der Waals surface area contributed by atoms with Gasteiger partial charge in [-0.25, -0.2) is 17.9 Å². The van der Waals surface area contributed by atoms with Gasteiger partial charge in [-0.05, 0) is 37.7 Å². The van der Waals surface area contributed by atoms with Gasteiger partial charge in [0.2, 0.25) is 10.0 Å². The van der Waals surface area contributed by atoms with Crippen molar-refractivity contribution in [1.29, 1.82) is 0 Å². The fourth-order valence-electron chi connectivity index (χ4n) is 2.83. The molecule has 10 heteroatoms. The van der Waals surface area contributed by atoms with E-state index in [1.807, 2.05) is 0 Å². The number of sulfonamides is 1. The van der Waals surface area contributed by atoms with Crippen LogP contribution in [0.15, 0.2) is 29.2 Å². The molecule has 0 aliphatic heterocycles. The molecule has 9 nitrogen and oxygen atoms in total. The molecule has 0 radical (unpaired) electrons. The number of benzene rings is 1. The number of rotatable bonds is 6. The van der Waals surface area contributed by atoms with Gasteiger partial charge >= 0.3 is 6.09 Å². The molecule has 3 N–H and O–H groups in total. The van der Waals surface area contributed by atoms with Crippen molar-refractivity contribution >= 4 is 21.8 Å². The monoisotopic (exact) mass is 357 g/mol. The highest BCUT2D eigenvalue weighted by molar-refractivity contribution is 7.89. The first-order valence-electron chi connectivity index (χ1n) is 7.52. The second-order valence-electron chi connectivity index (χ2n) is 5.75. The van der Waals surface area contributed by atoms with E-state index in [4.69, 9.17) is 5.11 Å². The van der Waals surface area contributed by atoms with Gasteiger partial charge in [0.1, 0.15) is 0 Å². The quantitative estimate of drug-likeness (QED) is 0.523. The summed E-state index contributed by atoms with van der Waals surface area (Å²) in [6.07, 6.45) is 1.42. The molecule has 0 unspecified atom stereocenters. The van der Waals surface area contributed by atoms with Crippen LogP contribution in [0.4, 0.5) is 10.5 Å². The summed E-state index contributed by atoms with van der Waals surface area (Å²) in [5, 5.41) is 21.9. The maximum atomic E-state index is 12.4. The van der Waals surface area contributed by atoms with E-state index in [0.717, 1.165) is 6.07 Å². The summed E-state index contributed by atoms with van der Waals surface area (Å²) in [5.74, 6) is 0.174. The number of nitrogens with one attached hydrogen (secondary N) is 2. The Hall–Kier alpha value is -2.20. The Bertz CT molecular complexity index is 713. The minimum atomic E-state index is -3.98. The van der Waals surface area contributed by atoms with Crippen molar-refractivity contribution in [2.45, 2.75) is 36.6 Å². The molecule has 1 aromatic rings. The van der Waals surface area contributed by atoms with Crippen LogP contribution in [-0.4, -0.2) is 37.1 Å². The van der Waals surface area contributed by atoms with E-state index in [1.54, 1.807) is 0 Å². The van der Waals surface area contributed by atoms with Crippen LogP contribution in [0.2, 0.25) is 0 Å². The van der Waals surface area contributed by atoms with Gasteiger partial charge in [-0.2, -0.15) is 0 Å². The molecular formula is C14H19N3O6S. The first kappa shape index (κ1) is 18.1. The van der Waals surface area contributed by atoms with Crippen molar-refractivity contribution < 1.29 is 23.2 Å². The summed E-state index contributed by atoms with van der Waals surface area (Å²) in [7, 11) is -3.98. The van der Waals surface area contributed by atoms with E-state index in [2.05, 4.69) is 10.0 Å². The zero-order valence-electron chi connectivity index (χ0n) is 12.8. The van der Waals surface area contributed by atoms with Crippen LogP contribution in [0.1, 0.15) is 25.7 Å². The number of amides is 1. The molecule has 1 amide bonds. The summed E-state index contributed by atoms with van der Waals surface area (Å²) in [5.41, 5.74) is -0.454. The lowest BCUT2D eigenvalue weighted by atomic mass is 9.86. The van der Waals surface area contributed by atoms with Crippen LogP contribution in [0.3, 0.4) is 0 Å². The highest BCUT2D eigenvalue weighted by Gasteiger charge is 2.30. The number of nitro benzene ring substituents is 1. The molecule has 132 valence electrons. The SMILES string of the molecule is O=C(O)NCC1CCC(NS(=O)(=O)c2ccccc2[N+](=O)[O-])CC1. The number of carbonyl (C=O) groups is 1.